The molecule has 1 atom stereocenters. The lowest BCUT2D eigenvalue weighted by Gasteiger charge is -2.33. The fourth-order valence-electron chi connectivity index (χ4n) is 3.59. The highest BCUT2D eigenvalue weighted by atomic mass is 32.1. The summed E-state index contributed by atoms with van der Waals surface area (Å²) < 4.78 is 5.26. The number of tetrazole rings is 1. The molecule has 36 heavy (non-hydrogen) atoms. The van der Waals surface area contributed by atoms with E-state index in [4.69, 9.17) is 4.74 Å². The average Bonchev–Trinajstić information content (AvgIpc) is 3.60. The van der Waals surface area contributed by atoms with Crippen molar-refractivity contribution in [2.75, 3.05) is 7.11 Å². The minimum atomic E-state index is -0.820. The number of hydrogen-bond donors (Lipinski definition) is 1. The molecule has 4 rings (SSSR count). The van der Waals surface area contributed by atoms with Gasteiger partial charge in [-0.1, -0.05) is 24.3 Å². The number of rotatable bonds is 9. The molecule has 1 unspecified atom stereocenters. The Hall–Kier alpha value is -3.57. The second-order valence-electron chi connectivity index (χ2n) is 9.15. The van der Waals surface area contributed by atoms with Gasteiger partial charge in [-0.05, 0) is 66.6 Å². The predicted octanol–water partition coefficient (Wildman–Crippen LogP) is 4.16. The Morgan fingerprint density at radius 1 is 1.08 bits per heavy atom. The first-order chi connectivity index (χ1) is 17.2. The largest absolute Gasteiger partial charge is 0.497 e. The van der Waals surface area contributed by atoms with Gasteiger partial charge in [-0.25, -0.2) is 0 Å². The molecule has 1 aromatic carbocycles. The number of ether oxygens (including phenoxy) is 1. The van der Waals surface area contributed by atoms with Crippen LogP contribution in [0.15, 0.2) is 59.3 Å². The first-order valence-electron chi connectivity index (χ1n) is 11.3. The number of nitrogens with zero attached hydrogens (tertiary/aromatic N) is 5. The number of hydrogen-bond acceptors (Lipinski definition) is 8. The maximum Gasteiger partial charge on any atom is 0.248 e. The van der Waals surface area contributed by atoms with E-state index in [9.17, 15) is 9.59 Å². The van der Waals surface area contributed by atoms with Gasteiger partial charge in [-0.15, -0.1) is 32.9 Å². The lowest BCUT2D eigenvalue weighted by molar-refractivity contribution is -0.143. The predicted molar refractivity (Wildman–Crippen MR) is 140 cm³/mol. The van der Waals surface area contributed by atoms with Crippen LogP contribution in [0.3, 0.4) is 0 Å². The number of thiophene rings is 2. The normalized spacial score (nSPS) is 12.2. The summed E-state index contributed by atoms with van der Waals surface area (Å²) in [4.78, 5) is 31.8. The highest BCUT2D eigenvalue weighted by molar-refractivity contribution is 7.13. The van der Waals surface area contributed by atoms with Crippen LogP contribution in [0.25, 0.3) is 10.7 Å². The molecule has 0 radical (unpaired) electrons. The minimum absolute atomic E-state index is 0.154. The third-order valence-electron chi connectivity index (χ3n) is 5.17. The van der Waals surface area contributed by atoms with Crippen molar-refractivity contribution in [3.05, 3.63) is 69.7 Å². The van der Waals surface area contributed by atoms with E-state index in [-0.39, 0.29) is 24.9 Å². The van der Waals surface area contributed by atoms with Crippen molar-refractivity contribution in [3.8, 4) is 16.5 Å². The summed E-state index contributed by atoms with van der Waals surface area (Å²) in [7, 11) is 1.60. The van der Waals surface area contributed by atoms with Gasteiger partial charge in [0.15, 0.2) is 0 Å². The molecular formula is C25H28N6O3S2. The fraction of sp³-hybridized carbons (Fsp3) is 0.320. The summed E-state index contributed by atoms with van der Waals surface area (Å²) in [6.07, 6.45) is 0. The summed E-state index contributed by atoms with van der Waals surface area (Å²) in [6.45, 7) is 5.81. The van der Waals surface area contributed by atoms with Gasteiger partial charge in [0, 0.05) is 17.0 Å². The molecule has 1 N–H and O–H groups in total. The standard InChI is InChI=1S/C25H28N6O3S2/c1-25(2,3)26-24(33)22(19-7-5-13-35-19)30(15-17-9-11-18(34-4)12-10-17)21(32)16-31-28-23(27-29-31)20-8-6-14-36-20/h5-14,22H,15-16H2,1-4H3,(H,26,33). The molecule has 0 aliphatic heterocycles. The molecule has 9 nitrogen and oxygen atoms in total. The van der Waals surface area contributed by atoms with E-state index in [0.29, 0.717) is 11.6 Å². The van der Waals surface area contributed by atoms with Crippen molar-refractivity contribution in [1.29, 1.82) is 0 Å². The van der Waals surface area contributed by atoms with Crippen molar-refractivity contribution >= 4 is 34.5 Å². The molecule has 0 aliphatic rings. The van der Waals surface area contributed by atoms with Gasteiger partial charge >= 0.3 is 0 Å². The molecule has 11 heteroatoms. The van der Waals surface area contributed by atoms with Crippen LogP contribution in [0.1, 0.15) is 37.3 Å². The van der Waals surface area contributed by atoms with Crippen LogP contribution in [-0.4, -0.2) is 49.6 Å². The minimum Gasteiger partial charge on any atom is -0.497 e. The number of benzene rings is 1. The highest BCUT2D eigenvalue weighted by Gasteiger charge is 2.34. The zero-order chi connectivity index (χ0) is 25.7. The second kappa shape index (κ2) is 11.0. The van der Waals surface area contributed by atoms with E-state index < -0.39 is 11.6 Å². The molecule has 0 spiro atoms. The van der Waals surface area contributed by atoms with Crippen LogP contribution in [0.2, 0.25) is 0 Å². The fourth-order valence-corrected chi connectivity index (χ4v) is 5.07. The maximum absolute atomic E-state index is 13.7. The quantitative estimate of drug-likeness (QED) is 0.353. The molecule has 3 heterocycles. The van der Waals surface area contributed by atoms with Crippen LogP contribution in [0.5, 0.6) is 5.75 Å². The lowest BCUT2D eigenvalue weighted by Crippen LogP contribution is -2.49. The summed E-state index contributed by atoms with van der Waals surface area (Å²) in [5, 5.41) is 19.4. The topological polar surface area (TPSA) is 102 Å². The Morgan fingerprint density at radius 2 is 1.81 bits per heavy atom. The molecule has 0 saturated heterocycles. The van der Waals surface area contributed by atoms with E-state index in [1.807, 2.05) is 80.1 Å². The summed E-state index contributed by atoms with van der Waals surface area (Å²) in [6, 6.07) is 14.2. The monoisotopic (exact) mass is 524 g/mol. The molecule has 2 amide bonds. The Kier molecular flexibility index (Phi) is 7.80. The van der Waals surface area contributed by atoms with E-state index in [1.165, 1.54) is 27.5 Å². The van der Waals surface area contributed by atoms with Crippen molar-refractivity contribution in [2.24, 2.45) is 0 Å². The Balaban J connectivity index is 1.66. The second-order valence-corrected chi connectivity index (χ2v) is 11.1. The van der Waals surface area contributed by atoms with E-state index in [1.54, 1.807) is 12.0 Å². The van der Waals surface area contributed by atoms with E-state index in [0.717, 1.165) is 15.3 Å². The van der Waals surface area contributed by atoms with Crippen molar-refractivity contribution < 1.29 is 14.3 Å². The number of aromatic nitrogens is 4. The average molecular weight is 525 g/mol. The Bertz CT molecular complexity index is 1280. The molecule has 0 saturated carbocycles. The number of methoxy groups -OCH3 is 1. The van der Waals surface area contributed by atoms with E-state index in [2.05, 4.69) is 20.7 Å². The molecule has 4 aromatic rings. The third kappa shape index (κ3) is 6.35. The van der Waals surface area contributed by atoms with Crippen molar-refractivity contribution in [2.45, 2.75) is 45.4 Å². The van der Waals surface area contributed by atoms with E-state index >= 15 is 0 Å². The van der Waals surface area contributed by atoms with Crippen molar-refractivity contribution in [3.63, 3.8) is 0 Å². The Morgan fingerprint density at radius 3 is 2.42 bits per heavy atom. The van der Waals surface area contributed by atoms with Gasteiger partial charge in [-0.2, -0.15) is 4.80 Å². The van der Waals surface area contributed by atoms with Gasteiger partial charge in [0.05, 0.1) is 12.0 Å². The first kappa shape index (κ1) is 25.5. The molecule has 0 bridgehead atoms. The summed E-state index contributed by atoms with van der Waals surface area (Å²) in [5.41, 5.74) is 0.393. The van der Waals surface area contributed by atoms with Crippen LogP contribution < -0.4 is 10.1 Å². The maximum atomic E-state index is 13.7. The summed E-state index contributed by atoms with van der Waals surface area (Å²) >= 11 is 2.93. The van der Waals surface area contributed by atoms with Crippen LogP contribution in [-0.2, 0) is 22.7 Å². The third-order valence-corrected chi connectivity index (χ3v) is 6.96. The van der Waals surface area contributed by atoms with Gasteiger partial charge in [0.25, 0.3) is 0 Å². The number of carbonyl (C=O) groups excluding carboxylic acids is 2. The molecule has 188 valence electrons. The Labute approximate surface area is 217 Å². The number of nitrogens with one attached hydrogen (secondary N) is 1. The van der Waals surface area contributed by atoms with Gasteiger partial charge < -0.3 is 15.0 Å². The molecule has 0 aliphatic carbocycles. The number of carbonyl (C=O) groups is 2. The zero-order valence-electron chi connectivity index (χ0n) is 20.5. The molecule has 0 fully saturated rings. The highest BCUT2D eigenvalue weighted by Crippen LogP contribution is 2.29. The van der Waals surface area contributed by atoms with Crippen molar-refractivity contribution in [1.82, 2.24) is 30.4 Å². The first-order valence-corrected chi connectivity index (χ1v) is 13.1. The molecule has 3 aromatic heterocycles. The SMILES string of the molecule is COc1ccc(CN(C(=O)Cn2nnc(-c3cccs3)n2)C(C(=O)NC(C)(C)C)c2cccs2)cc1. The van der Waals surface area contributed by atoms with Crippen LogP contribution in [0, 0.1) is 0 Å². The van der Waals surface area contributed by atoms with Gasteiger partial charge in [0.1, 0.15) is 18.3 Å². The smallest absolute Gasteiger partial charge is 0.248 e. The number of amides is 2. The zero-order valence-corrected chi connectivity index (χ0v) is 22.2. The lowest BCUT2D eigenvalue weighted by atomic mass is 10.1. The van der Waals surface area contributed by atoms with Crippen LogP contribution in [0.4, 0.5) is 0 Å². The molecular weight excluding hydrogens is 496 g/mol. The van der Waals surface area contributed by atoms with Gasteiger partial charge in [-0.3, -0.25) is 9.59 Å². The van der Waals surface area contributed by atoms with Gasteiger partial charge in [0.2, 0.25) is 17.6 Å². The van der Waals surface area contributed by atoms with Crippen LogP contribution >= 0.6 is 22.7 Å². The summed E-state index contributed by atoms with van der Waals surface area (Å²) in [5.74, 6) is 0.616.